The summed E-state index contributed by atoms with van der Waals surface area (Å²) in [4.78, 5) is 9.78. The van der Waals surface area contributed by atoms with Crippen LogP contribution in [0.3, 0.4) is 0 Å². The van der Waals surface area contributed by atoms with E-state index in [4.69, 9.17) is 11.6 Å². The van der Waals surface area contributed by atoms with E-state index in [0.29, 0.717) is 23.8 Å². The van der Waals surface area contributed by atoms with Crippen molar-refractivity contribution in [3.63, 3.8) is 0 Å². The first kappa shape index (κ1) is 13.1. The van der Waals surface area contributed by atoms with Gasteiger partial charge >= 0.3 is 0 Å². The van der Waals surface area contributed by atoms with Crippen LogP contribution in [0.15, 0.2) is 6.20 Å². The molecular weight excluding hydrogens is 236 g/mol. The summed E-state index contributed by atoms with van der Waals surface area (Å²) in [6.45, 7) is 3.49. The molecule has 0 aliphatic heterocycles. The highest BCUT2D eigenvalue weighted by atomic mass is 35.5. The van der Waals surface area contributed by atoms with Gasteiger partial charge < -0.3 is 4.90 Å². The zero-order valence-electron chi connectivity index (χ0n) is 9.25. The van der Waals surface area contributed by atoms with Crippen molar-refractivity contribution < 1.29 is 8.78 Å². The lowest BCUT2D eigenvalue weighted by Gasteiger charge is -2.23. The van der Waals surface area contributed by atoms with E-state index >= 15 is 0 Å². The first-order chi connectivity index (χ1) is 7.54. The third-order valence-corrected chi connectivity index (χ3v) is 2.23. The molecule has 6 heteroatoms. The zero-order valence-corrected chi connectivity index (χ0v) is 10.0. The molecule has 0 unspecified atom stereocenters. The van der Waals surface area contributed by atoms with Crippen molar-refractivity contribution in [2.45, 2.75) is 20.3 Å². The van der Waals surface area contributed by atoms with Crippen molar-refractivity contribution in [3.8, 4) is 0 Å². The Labute approximate surface area is 98.5 Å². The number of nitrogens with zero attached hydrogens (tertiary/aromatic N) is 3. The van der Waals surface area contributed by atoms with Gasteiger partial charge in [-0.1, -0.05) is 0 Å². The minimum Gasteiger partial charge on any atom is -0.348 e. The summed E-state index contributed by atoms with van der Waals surface area (Å²) in [6, 6.07) is 0. The van der Waals surface area contributed by atoms with Crippen LogP contribution in [-0.2, 0) is 0 Å². The van der Waals surface area contributed by atoms with E-state index in [1.165, 1.54) is 4.90 Å². The van der Waals surface area contributed by atoms with Crippen LogP contribution in [0.5, 0.6) is 0 Å². The van der Waals surface area contributed by atoms with Crippen LogP contribution < -0.4 is 4.90 Å². The molecule has 3 nitrogen and oxygen atoms in total. The van der Waals surface area contributed by atoms with Crippen LogP contribution in [0.25, 0.3) is 0 Å². The van der Waals surface area contributed by atoms with Crippen molar-refractivity contribution in [3.05, 3.63) is 17.6 Å². The zero-order chi connectivity index (χ0) is 12.1. The van der Waals surface area contributed by atoms with Crippen molar-refractivity contribution in [1.82, 2.24) is 9.97 Å². The molecule has 0 aromatic carbocycles. The molecule has 0 aliphatic rings. The van der Waals surface area contributed by atoms with E-state index in [1.54, 1.807) is 20.0 Å². The van der Waals surface area contributed by atoms with E-state index in [2.05, 4.69) is 9.97 Å². The van der Waals surface area contributed by atoms with Gasteiger partial charge in [0, 0.05) is 18.6 Å². The highest BCUT2D eigenvalue weighted by Gasteiger charge is 2.16. The monoisotopic (exact) mass is 249 g/mol. The summed E-state index contributed by atoms with van der Waals surface area (Å²) in [5.41, 5.74) is 1.34. The molecule has 0 saturated carbocycles. The maximum atomic E-state index is 12.4. The normalized spacial score (nSPS) is 10.9. The second-order valence-electron chi connectivity index (χ2n) is 3.45. The molecule has 16 heavy (non-hydrogen) atoms. The fraction of sp³-hybridized carbons (Fsp3) is 0.600. The quantitative estimate of drug-likeness (QED) is 0.751. The third-order valence-electron chi connectivity index (χ3n) is 2.06. The van der Waals surface area contributed by atoms with Gasteiger partial charge in [-0.25, -0.2) is 13.8 Å². The van der Waals surface area contributed by atoms with Gasteiger partial charge in [0.1, 0.15) is 0 Å². The predicted molar refractivity (Wildman–Crippen MR) is 60.4 cm³/mol. The van der Waals surface area contributed by atoms with E-state index in [0.717, 1.165) is 0 Å². The SMILES string of the molecule is Cc1cnc(C)c(N(CCCl)CC(F)F)n1. The summed E-state index contributed by atoms with van der Waals surface area (Å²) >= 11 is 5.59. The topological polar surface area (TPSA) is 29.0 Å². The van der Waals surface area contributed by atoms with Crippen molar-refractivity contribution >= 4 is 17.4 Å². The first-order valence-electron chi connectivity index (χ1n) is 4.94. The average molecular weight is 250 g/mol. The Morgan fingerprint density at radius 1 is 1.44 bits per heavy atom. The van der Waals surface area contributed by atoms with Crippen LogP contribution in [0, 0.1) is 13.8 Å². The highest BCUT2D eigenvalue weighted by molar-refractivity contribution is 6.18. The number of hydrogen-bond acceptors (Lipinski definition) is 3. The van der Waals surface area contributed by atoms with Crippen LogP contribution in [0.1, 0.15) is 11.4 Å². The van der Waals surface area contributed by atoms with E-state index < -0.39 is 6.43 Å². The molecule has 0 atom stereocenters. The molecule has 0 radical (unpaired) electrons. The lowest BCUT2D eigenvalue weighted by Crippen LogP contribution is -2.32. The number of aryl methyl sites for hydroxylation is 2. The van der Waals surface area contributed by atoms with Gasteiger partial charge in [0.15, 0.2) is 5.82 Å². The number of anilines is 1. The van der Waals surface area contributed by atoms with E-state index in [-0.39, 0.29) is 12.4 Å². The second-order valence-corrected chi connectivity index (χ2v) is 3.82. The minimum atomic E-state index is -2.41. The Kier molecular flexibility index (Phi) is 4.86. The highest BCUT2D eigenvalue weighted by Crippen LogP contribution is 2.16. The van der Waals surface area contributed by atoms with Gasteiger partial charge in [-0.3, -0.25) is 4.98 Å². The molecular formula is C10H14ClF2N3. The summed E-state index contributed by atoms with van der Waals surface area (Å²) < 4.78 is 24.8. The molecule has 90 valence electrons. The van der Waals surface area contributed by atoms with Crippen molar-refractivity contribution in [2.75, 3.05) is 23.9 Å². The van der Waals surface area contributed by atoms with Gasteiger partial charge in [0.25, 0.3) is 6.43 Å². The van der Waals surface area contributed by atoms with Gasteiger partial charge in [-0.05, 0) is 13.8 Å². The molecule has 0 N–H and O–H groups in total. The van der Waals surface area contributed by atoms with E-state index in [1.807, 2.05) is 0 Å². The Bertz CT molecular complexity index is 347. The molecule has 0 spiro atoms. The molecule has 0 bridgehead atoms. The second kappa shape index (κ2) is 5.94. The fourth-order valence-electron chi connectivity index (χ4n) is 1.38. The number of hydrogen-bond donors (Lipinski definition) is 0. The average Bonchev–Trinajstić information content (AvgIpc) is 2.20. The number of rotatable bonds is 5. The van der Waals surface area contributed by atoms with Gasteiger partial charge in [-0.15, -0.1) is 11.6 Å². The first-order valence-corrected chi connectivity index (χ1v) is 5.47. The fourth-order valence-corrected chi connectivity index (χ4v) is 1.58. The summed E-state index contributed by atoms with van der Waals surface area (Å²) in [7, 11) is 0. The molecule has 0 amide bonds. The molecule has 0 aliphatic carbocycles. The van der Waals surface area contributed by atoms with Crippen LogP contribution >= 0.6 is 11.6 Å². The standard InChI is InChI=1S/C10H14ClF2N3/c1-7-5-14-8(2)10(15-7)16(4-3-11)6-9(12)13/h5,9H,3-4,6H2,1-2H3. The molecule has 1 aromatic rings. The van der Waals surface area contributed by atoms with Crippen LogP contribution in [0.2, 0.25) is 0 Å². The molecule has 0 fully saturated rings. The Morgan fingerprint density at radius 2 is 2.12 bits per heavy atom. The number of aromatic nitrogens is 2. The summed E-state index contributed by atoms with van der Waals surface area (Å²) in [6.07, 6.45) is -0.801. The van der Waals surface area contributed by atoms with Crippen LogP contribution in [0.4, 0.5) is 14.6 Å². The Morgan fingerprint density at radius 3 is 2.69 bits per heavy atom. The maximum Gasteiger partial charge on any atom is 0.255 e. The number of alkyl halides is 3. The molecule has 0 saturated heterocycles. The summed E-state index contributed by atoms with van der Waals surface area (Å²) in [5.74, 6) is 0.767. The van der Waals surface area contributed by atoms with Crippen molar-refractivity contribution in [1.29, 1.82) is 0 Å². The molecule has 1 rings (SSSR count). The lowest BCUT2D eigenvalue weighted by molar-refractivity contribution is 0.155. The largest absolute Gasteiger partial charge is 0.348 e. The lowest BCUT2D eigenvalue weighted by atomic mass is 10.3. The smallest absolute Gasteiger partial charge is 0.255 e. The van der Waals surface area contributed by atoms with Crippen molar-refractivity contribution in [2.24, 2.45) is 0 Å². The maximum absolute atomic E-state index is 12.4. The minimum absolute atomic E-state index is 0.280. The van der Waals surface area contributed by atoms with Gasteiger partial charge in [0.2, 0.25) is 0 Å². The molecule has 1 aromatic heterocycles. The predicted octanol–water partition coefficient (Wildman–Crippen LogP) is 2.40. The third kappa shape index (κ3) is 3.56. The van der Waals surface area contributed by atoms with E-state index in [9.17, 15) is 8.78 Å². The van der Waals surface area contributed by atoms with Gasteiger partial charge in [-0.2, -0.15) is 0 Å². The van der Waals surface area contributed by atoms with Gasteiger partial charge in [0.05, 0.1) is 17.9 Å². The number of halogens is 3. The Hall–Kier alpha value is -0.970. The Balaban J connectivity index is 2.94. The van der Waals surface area contributed by atoms with Crippen LogP contribution in [-0.4, -0.2) is 35.4 Å². The molecule has 1 heterocycles. The summed E-state index contributed by atoms with van der Waals surface area (Å²) in [5, 5.41) is 0.